The maximum absolute atomic E-state index is 14.7. The summed E-state index contributed by atoms with van der Waals surface area (Å²) >= 11 is 1.80. The van der Waals surface area contributed by atoms with Crippen molar-refractivity contribution in [1.29, 1.82) is 0 Å². The van der Waals surface area contributed by atoms with Gasteiger partial charge in [-0.25, -0.2) is 9.38 Å². The fraction of sp³-hybridized carbons (Fsp3) is 0.522. The van der Waals surface area contributed by atoms with Crippen LogP contribution in [0.15, 0.2) is 40.7 Å². The number of halogens is 2. The van der Waals surface area contributed by atoms with Gasteiger partial charge in [0.15, 0.2) is 5.96 Å². The lowest BCUT2D eigenvalue weighted by atomic mass is 10.1. The van der Waals surface area contributed by atoms with E-state index in [1.807, 2.05) is 17.0 Å². The van der Waals surface area contributed by atoms with E-state index in [0.29, 0.717) is 31.5 Å². The van der Waals surface area contributed by atoms with Crippen molar-refractivity contribution in [2.75, 3.05) is 55.7 Å². The van der Waals surface area contributed by atoms with E-state index in [-0.39, 0.29) is 29.8 Å². The maximum Gasteiger partial charge on any atom is 0.191 e. The second-order valence-corrected chi connectivity index (χ2v) is 8.86. The van der Waals surface area contributed by atoms with Gasteiger partial charge in [0.1, 0.15) is 5.82 Å². The molecule has 4 rings (SSSR count). The molecule has 2 fully saturated rings. The lowest BCUT2D eigenvalue weighted by Crippen LogP contribution is -2.48. The number of hydrogen-bond donors (Lipinski definition) is 2. The summed E-state index contributed by atoms with van der Waals surface area (Å²) in [6.07, 6.45) is 2.15. The summed E-state index contributed by atoms with van der Waals surface area (Å²) in [5, 5.41) is 10.4. The van der Waals surface area contributed by atoms with Crippen molar-refractivity contribution in [2.45, 2.75) is 32.4 Å². The molecular formula is C23H33FIN5OS. The Hall–Kier alpha value is -1.59. The van der Waals surface area contributed by atoms with E-state index in [4.69, 9.17) is 9.73 Å². The number of thiophene rings is 1. The number of anilines is 2. The standard InChI is InChI=1S/C23H32FN5OS.HI/c1-2-25-23(27-19-7-9-29(10-8-19)22-4-3-15-31-22)26-17-18-5-6-21(20(24)16-18)28-11-13-30-14-12-28;/h3-6,15-16,19H,2,7-14,17H2,1H3,(H2,25,26,27);1H. The van der Waals surface area contributed by atoms with Crippen molar-refractivity contribution < 1.29 is 9.13 Å². The highest BCUT2D eigenvalue weighted by molar-refractivity contribution is 14.0. The molecule has 2 aromatic rings. The van der Waals surface area contributed by atoms with Crippen LogP contribution < -0.4 is 20.4 Å². The summed E-state index contributed by atoms with van der Waals surface area (Å²) in [6.45, 7) is 8.16. The summed E-state index contributed by atoms with van der Waals surface area (Å²) < 4.78 is 20.0. The summed E-state index contributed by atoms with van der Waals surface area (Å²) in [4.78, 5) is 9.20. The van der Waals surface area contributed by atoms with Crippen LogP contribution in [0.5, 0.6) is 0 Å². The molecule has 0 unspecified atom stereocenters. The zero-order valence-electron chi connectivity index (χ0n) is 18.6. The Morgan fingerprint density at radius 2 is 1.94 bits per heavy atom. The first-order valence-corrected chi connectivity index (χ1v) is 12.1. The van der Waals surface area contributed by atoms with Crippen LogP contribution in [-0.4, -0.2) is 57.9 Å². The van der Waals surface area contributed by atoms with Gasteiger partial charge in [-0.3, -0.25) is 0 Å². The lowest BCUT2D eigenvalue weighted by molar-refractivity contribution is 0.122. The molecule has 0 spiro atoms. The molecule has 1 aromatic heterocycles. The van der Waals surface area contributed by atoms with E-state index in [1.54, 1.807) is 17.4 Å². The maximum atomic E-state index is 14.7. The van der Waals surface area contributed by atoms with E-state index in [9.17, 15) is 4.39 Å². The number of benzene rings is 1. The molecule has 0 saturated carbocycles. The normalized spacial score (nSPS) is 17.8. The molecule has 6 nitrogen and oxygen atoms in total. The molecule has 9 heteroatoms. The Kier molecular flexibility index (Phi) is 9.86. The zero-order valence-corrected chi connectivity index (χ0v) is 21.7. The molecule has 0 atom stereocenters. The molecule has 2 N–H and O–H groups in total. The lowest BCUT2D eigenvalue weighted by Gasteiger charge is -2.33. The number of ether oxygens (including phenoxy) is 1. The number of rotatable bonds is 6. The molecule has 32 heavy (non-hydrogen) atoms. The molecule has 2 saturated heterocycles. The van der Waals surface area contributed by atoms with Gasteiger partial charge in [-0.2, -0.15) is 0 Å². The third-order valence-electron chi connectivity index (χ3n) is 5.78. The molecule has 3 heterocycles. The summed E-state index contributed by atoms with van der Waals surface area (Å²) in [5.41, 5.74) is 1.53. The van der Waals surface area contributed by atoms with Crippen LogP contribution in [-0.2, 0) is 11.3 Å². The topological polar surface area (TPSA) is 52.1 Å². The van der Waals surface area contributed by atoms with Crippen molar-refractivity contribution in [3.05, 3.63) is 47.1 Å². The first-order chi connectivity index (χ1) is 15.2. The second-order valence-electron chi connectivity index (χ2n) is 7.94. The van der Waals surface area contributed by atoms with Crippen molar-refractivity contribution >= 4 is 52.0 Å². The molecular weight excluding hydrogens is 540 g/mol. The minimum absolute atomic E-state index is 0. The Morgan fingerprint density at radius 3 is 2.59 bits per heavy atom. The van der Waals surface area contributed by atoms with Crippen molar-refractivity contribution in [3.8, 4) is 0 Å². The van der Waals surface area contributed by atoms with Crippen LogP contribution in [0.3, 0.4) is 0 Å². The quantitative estimate of drug-likeness (QED) is 0.310. The summed E-state index contributed by atoms with van der Waals surface area (Å²) in [5.74, 6) is 0.614. The van der Waals surface area contributed by atoms with Crippen molar-refractivity contribution in [1.82, 2.24) is 10.6 Å². The van der Waals surface area contributed by atoms with Crippen molar-refractivity contribution in [2.24, 2.45) is 4.99 Å². The first kappa shape index (κ1) is 25.0. The van der Waals surface area contributed by atoms with Gasteiger partial charge in [0, 0.05) is 38.8 Å². The van der Waals surface area contributed by atoms with Crippen LogP contribution in [0.2, 0.25) is 0 Å². The van der Waals surface area contributed by atoms with Gasteiger partial charge in [0.2, 0.25) is 0 Å². The van der Waals surface area contributed by atoms with Gasteiger partial charge in [0.05, 0.1) is 30.4 Å². The molecule has 0 amide bonds. The number of hydrogen-bond acceptors (Lipinski definition) is 5. The van der Waals surface area contributed by atoms with Gasteiger partial charge in [0.25, 0.3) is 0 Å². The molecule has 2 aliphatic rings. The first-order valence-electron chi connectivity index (χ1n) is 11.2. The third-order valence-corrected chi connectivity index (χ3v) is 6.71. The molecule has 0 bridgehead atoms. The van der Waals surface area contributed by atoms with Gasteiger partial charge >= 0.3 is 0 Å². The van der Waals surface area contributed by atoms with E-state index in [0.717, 1.165) is 57.1 Å². The Labute approximate surface area is 211 Å². The van der Waals surface area contributed by atoms with Crippen molar-refractivity contribution in [3.63, 3.8) is 0 Å². The third kappa shape index (κ3) is 6.71. The molecule has 176 valence electrons. The molecule has 0 radical (unpaired) electrons. The second kappa shape index (κ2) is 12.6. The summed E-state index contributed by atoms with van der Waals surface area (Å²) in [7, 11) is 0. The number of piperidine rings is 1. The number of nitrogens with one attached hydrogen (secondary N) is 2. The average Bonchev–Trinajstić information content (AvgIpc) is 3.34. The minimum atomic E-state index is -0.187. The number of guanidine groups is 1. The van der Waals surface area contributed by atoms with Gasteiger partial charge < -0.3 is 25.2 Å². The zero-order chi connectivity index (χ0) is 21.5. The number of nitrogens with zero attached hydrogens (tertiary/aromatic N) is 3. The fourth-order valence-electron chi connectivity index (χ4n) is 4.09. The Balaban J connectivity index is 0.00000289. The predicted molar refractivity (Wildman–Crippen MR) is 142 cm³/mol. The van der Waals surface area contributed by atoms with E-state index in [1.165, 1.54) is 5.00 Å². The van der Waals surface area contributed by atoms with Gasteiger partial charge in [-0.05, 0) is 55.0 Å². The van der Waals surface area contributed by atoms with Crippen LogP contribution >= 0.6 is 35.3 Å². The molecule has 0 aliphatic carbocycles. The Bertz CT molecular complexity index is 852. The largest absolute Gasteiger partial charge is 0.378 e. The van der Waals surface area contributed by atoms with E-state index in [2.05, 4.69) is 40.0 Å². The predicted octanol–water partition coefficient (Wildman–Crippen LogP) is 4.07. The monoisotopic (exact) mass is 573 g/mol. The smallest absolute Gasteiger partial charge is 0.191 e. The van der Waals surface area contributed by atoms with E-state index < -0.39 is 0 Å². The molecule has 2 aliphatic heterocycles. The minimum Gasteiger partial charge on any atom is -0.378 e. The SMILES string of the molecule is CCNC(=NCc1ccc(N2CCOCC2)c(F)c1)NC1CCN(c2cccs2)CC1.I. The van der Waals surface area contributed by atoms with Crippen LogP contribution in [0.25, 0.3) is 0 Å². The summed E-state index contributed by atoms with van der Waals surface area (Å²) in [6, 6.07) is 10.1. The number of morpholine rings is 1. The molecule has 1 aromatic carbocycles. The van der Waals surface area contributed by atoms with Crippen LogP contribution in [0.4, 0.5) is 15.1 Å². The highest BCUT2D eigenvalue weighted by Crippen LogP contribution is 2.25. The fourth-order valence-corrected chi connectivity index (χ4v) is 4.87. The van der Waals surface area contributed by atoms with Gasteiger partial charge in [-0.1, -0.05) is 6.07 Å². The Morgan fingerprint density at radius 1 is 1.16 bits per heavy atom. The number of aliphatic imine (C=N–C) groups is 1. The highest BCUT2D eigenvalue weighted by atomic mass is 127. The highest BCUT2D eigenvalue weighted by Gasteiger charge is 2.21. The van der Waals surface area contributed by atoms with E-state index >= 15 is 0 Å². The van der Waals surface area contributed by atoms with Crippen LogP contribution in [0.1, 0.15) is 25.3 Å². The average molecular weight is 574 g/mol. The van der Waals surface area contributed by atoms with Crippen LogP contribution in [0, 0.1) is 5.82 Å². The van der Waals surface area contributed by atoms with Gasteiger partial charge in [-0.15, -0.1) is 35.3 Å².